The van der Waals surface area contributed by atoms with E-state index in [-0.39, 0.29) is 18.3 Å². The van der Waals surface area contributed by atoms with Crippen molar-refractivity contribution in [2.24, 2.45) is 0 Å². The third-order valence-electron chi connectivity index (χ3n) is 4.58. The van der Waals surface area contributed by atoms with Gasteiger partial charge in [0.1, 0.15) is 0 Å². The van der Waals surface area contributed by atoms with Gasteiger partial charge in [0.2, 0.25) is 0 Å². The largest absolute Gasteiger partial charge is 0.494 e. The van der Waals surface area contributed by atoms with Crippen LogP contribution in [0.15, 0.2) is 24.3 Å². The monoisotopic (exact) mass is 289 g/mol. The van der Waals surface area contributed by atoms with Crippen LogP contribution in [0.3, 0.4) is 0 Å². The Morgan fingerprint density at radius 1 is 0.952 bits per heavy atom. The van der Waals surface area contributed by atoms with Gasteiger partial charge in [0.15, 0.2) is 0 Å². The van der Waals surface area contributed by atoms with Crippen molar-refractivity contribution >= 4 is 12.6 Å². The Morgan fingerprint density at radius 2 is 1.48 bits per heavy atom. The number of nitrogens with zero attached hydrogens (tertiary/aromatic N) is 1. The molecule has 1 aromatic carbocycles. The van der Waals surface area contributed by atoms with Crippen LogP contribution in [0.1, 0.15) is 39.7 Å². The molecule has 116 valence electrons. The maximum absolute atomic E-state index is 6.07. The van der Waals surface area contributed by atoms with Crippen molar-refractivity contribution in [3.8, 4) is 0 Å². The Morgan fingerprint density at radius 3 is 1.95 bits per heavy atom. The first-order valence-corrected chi connectivity index (χ1v) is 7.80. The molecule has 0 spiro atoms. The molecule has 1 saturated heterocycles. The summed E-state index contributed by atoms with van der Waals surface area (Å²) in [6.45, 7) is 9.47. The quantitative estimate of drug-likeness (QED) is 0.777. The summed E-state index contributed by atoms with van der Waals surface area (Å²) in [5.41, 5.74) is 1.92. The van der Waals surface area contributed by atoms with Gasteiger partial charge in [0.25, 0.3) is 0 Å². The summed E-state index contributed by atoms with van der Waals surface area (Å²) in [5.74, 6) is 0. The summed E-state index contributed by atoms with van der Waals surface area (Å²) in [5, 5.41) is 0. The molecule has 1 aromatic rings. The van der Waals surface area contributed by atoms with Crippen molar-refractivity contribution in [1.82, 2.24) is 4.90 Å². The van der Waals surface area contributed by atoms with Crippen molar-refractivity contribution in [3.05, 3.63) is 29.8 Å². The van der Waals surface area contributed by atoms with Crippen molar-refractivity contribution in [1.29, 1.82) is 0 Å². The van der Waals surface area contributed by atoms with E-state index in [4.69, 9.17) is 9.31 Å². The number of aryl methyl sites for hydroxylation is 1. The van der Waals surface area contributed by atoms with E-state index in [1.54, 1.807) is 0 Å². The zero-order valence-corrected chi connectivity index (χ0v) is 14.3. The lowest BCUT2D eigenvalue weighted by Crippen LogP contribution is -2.41. The van der Waals surface area contributed by atoms with Crippen LogP contribution in [0.5, 0.6) is 0 Å². The number of rotatable bonds is 5. The smallest absolute Gasteiger partial charge is 0.399 e. The zero-order chi connectivity index (χ0) is 15.7. The fourth-order valence-corrected chi connectivity index (χ4v) is 2.42. The topological polar surface area (TPSA) is 21.7 Å². The van der Waals surface area contributed by atoms with Crippen molar-refractivity contribution in [3.63, 3.8) is 0 Å². The molecule has 1 heterocycles. The average molecular weight is 289 g/mol. The first kappa shape index (κ1) is 16.5. The molecule has 0 aliphatic carbocycles. The SMILES string of the molecule is CN(C)CCCc1ccc(B2OC(C)(C)C(C)(C)O2)cc1. The maximum Gasteiger partial charge on any atom is 0.494 e. The molecular formula is C17H28BNO2. The molecule has 1 fully saturated rings. The molecule has 0 N–H and O–H groups in total. The van der Waals surface area contributed by atoms with Crippen LogP contribution in [0, 0.1) is 0 Å². The van der Waals surface area contributed by atoms with E-state index in [1.165, 1.54) is 12.0 Å². The van der Waals surface area contributed by atoms with Gasteiger partial charge in [-0.15, -0.1) is 0 Å². The van der Waals surface area contributed by atoms with Gasteiger partial charge in [-0.1, -0.05) is 24.3 Å². The lowest BCUT2D eigenvalue weighted by Gasteiger charge is -2.32. The lowest BCUT2D eigenvalue weighted by atomic mass is 9.78. The van der Waals surface area contributed by atoms with Crippen LogP contribution in [0.25, 0.3) is 0 Å². The predicted octanol–water partition coefficient (Wildman–Crippen LogP) is 2.48. The maximum atomic E-state index is 6.07. The Hall–Kier alpha value is -0.835. The summed E-state index contributed by atoms with van der Waals surface area (Å²) in [4.78, 5) is 2.22. The van der Waals surface area contributed by atoms with Gasteiger partial charge in [-0.3, -0.25) is 0 Å². The highest BCUT2D eigenvalue weighted by molar-refractivity contribution is 6.62. The molecule has 0 saturated carbocycles. The predicted molar refractivity (Wildman–Crippen MR) is 89.0 cm³/mol. The Bertz CT molecular complexity index is 452. The second-order valence-corrected chi connectivity index (χ2v) is 7.24. The van der Waals surface area contributed by atoms with Crippen LogP contribution < -0.4 is 5.46 Å². The van der Waals surface area contributed by atoms with E-state index in [9.17, 15) is 0 Å². The summed E-state index contributed by atoms with van der Waals surface area (Å²) in [7, 11) is 3.97. The third-order valence-corrected chi connectivity index (χ3v) is 4.58. The van der Waals surface area contributed by atoms with Gasteiger partial charge in [0.05, 0.1) is 11.2 Å². The van der Waals surface area contributed by atoms with Gasteiger partial charge in [-0.25, -0.2) is 0 Å². The highest BCUT2D eigenvalue weighted by atomic mass is 16.7. The van der Waals surface area contributed by atoms with Crippen LogP contribution in [0.2, 0.25) is 0 Å². The fraction of sp³-hybridized carbons (Fsp3) is 0.647. The van der Waals surface area contributed by atoms with Crippen LogP contribution in [0.4, 0.5) is 0 Å². The molecule has 0 bridgehead atoms. The molecule has 4 heteroatoms. The molecule has 0 aromatic heterocycles. The summed E-state index contributed by atoms with van der Waals surface area (Å²) in [6.07, 6.45) is 2.30. The first-order chi connectivity index (χ1) is 9.71. The molecule has 0 amide bonds. The minimum absolute atomic E-state index is 0.258. The Labute approximate surface area is 129 Å². The van der Waals surface area contributed by atoms with Gasteiger partial charge < -0.3 is 14.2 Å². The zero-order valence-electron chi connectivity index (χ0n) is 14.3. The lowest BCUT2D eigenvalue weighted by molar-refractivity contribution is 0.00578. The van der Waals surface area contributed by atoms with Gasteiger partial charge in [0, 0.05) is 0 Å². The van der Waals surface area contributed by atoms with E-state index >= 15 is 0 Å². The molecule has 1 aliphatic rings. The molecule has 0 atom stereocenters. The molecule has 0 radical (unpaired) electrons. The van der Waals surface area contributed by atoms with Crippen LogP contribution in [-0.4, -0.2) is 43.9 Å². The molecule has 2 rings (SSSR count). The molecule has 21 heavy (non-hydrogen) atoms. The summed E-state index contributed by atoms with van der Waals surface area (Å²) < 4.78 is 12.1. The minimum Gasteiger partial charge on any atom is -0.399 e. The number of hydrogen-bond acceptors (Lipinski definition) is 3. The van der Waals surface area contributed by atoms with Crippen LogP contribution in [-0.2, 0) is 15.7 Å². The third kappa shape index (κ3) is 3.88. The van der Waals surface area contributed by atoms with Crippen molar-refractivity contribution in [2.45, 2.75) is 51.7 Å². The van der Waals surface area contributed by atoms with Crippen molar-refractivity contribution < 1.29 is 9.31 Å². The number of benzene rings is 1. The highest BCUT2D eigenvalue weighted by Crippen LogP contribution is 2.36. The average Bonchev–Trinajstić information content (AvgIpc) is 2.59. The van der Waals surface area contributed by atoms with Crippen LogP contribution >= 0.6 is 0 Å². The second kappa shape index (κ2) is 6.11. The highest BCUT2D eigenvalue weighted by Gasteiger charge is 2.51. The van der Waals surface area contributed by atoms with E-state index in [0.29, 0.717) is 0 Å². The van der Waals surface area contributed by atoms with E-state index in [1.807, 2.05) is 0 Å². The molecule has 1 aliphatic heterocycles. The minimum atomic E-state index is -0.276. The Balaban J connectivity index is 1.97. The molecule has 0 unspecified atom stereocenters. The first-order valence-electron chi connectivity index (χ1n) is 7.80. The van der Waals surface area contributed by atoms with E-state index < -0.39 is 0 Å². The molecule has 3 nitrogen and oxygen atoms in total. The van der Waals surface area contributed by atoms with Gasteiger partial charge in [-0.2, -0.15) is 0 Å². The van der Waals surface area contributed by atoms with E-state index in [2.05, 4.69) is 71.0 Å². The number of hydrogen-bond donors (Lipinski definition) is 0. The van der Waals surface area contributed by atoms with Gasteiger partial charge in [-0.05, 0) is 72.2 Å². The summed E-state index contributed by atoms with van der Waals surface area (Å²) in [6, 6.07) is 8.65. The summed E-state index contributed by atoms with van der Waals surface area (Å²) >= 11 is 0. The Kier molecular flexibility index (Phi) is 4.81. The van der Waals surface area contributed by atoms with E-state index in [0.717, 1.165) is 18.4 Å². The van der Waals surface area contributed by atoms with Gasteiger partial charge >= 0.3 is 7.12 Å². The fourth-order valence-electron chi connectivity index (χ4n) is 2.42. The normalized spacial score (nSPS) is 20.2. The molecular weight excluding hydrogens is 261 g/mol. The second-order valence-electron chi connectivity index (χ2n) is 7.24. The standard InChI is InChI=1S/C17H28BNO2/c1-16(2)17(3,4)21-18(20-16)15-11-9-14(10-12-15)8-7-13-19(5)6/h9-12H,7-8,13H2,1-6H3. The van der Waals surface area contributed by atoms with Crippen molar-refractivity contribution in [2.75, 3.05) is 20.6 Å².